The molecule has 0 aliphatic rings. The minimum atomic E-state index is 0.489. The van der Waals surface area contributed by atoms with E-state index in [2.05, 4.69) is 9.97 Å². The Hall–Kier alpha value is -1.97. The number of fused-ring (bicyclic) bond motifs is 1. The molecule has 0 atom stereocenters. The summed E-state index contributed by atoms with van der Waals surface area (Å²) in [5, 5.41) is 11.1. The second-order valence-corrected chi connectivity index (χ2v) is 4.93. The van der Waals surface area contributed by atoms with Crippen molar-refractivity contribution in [1.82, 2.24) is 9.97 Å². The average Bonchev–Trinajstić information content (AvgIpc) is 3.09. The summed E-state index contributed by atoms with van der Waals surface area (Å²) in [5.74, 6) is 0.792. The SMILES string of the molecule is COc1ccc2nc(C#N)sc2c1.c1cscn1. The van der Waals surface area contributed by atoms with E-state index in [1.807, 2.05) is 29.6 Å². The van der Waals surface area contributed by atoms with Crippen molar-refractivity contribution < 1.29 is 4.74 Å². The highest BCUT2D eigenvalue weighted by molar-refractivity contribution is 7.19. The lowest BCUT2D eigenvalue weighted by Crippen LogP contribution is -1.80. The van der Waals surface area contributed by atoms with Crippen LogP contribution in [0.5, 0.6) is 5.75 Å². The summed E-state index contributed by atoms with van der Waals surface area (Å²) in [7, 11) is 1.62. The first-order valence-electron chi connectivity index (χ1n) is 5.00. The third-order valence-corrected chi connectivity index (χ3v) is 3.48. The molecule has 0 unspecified atom stereocenters. The number of aromatic nitrogens is 2. The highest BCUT2D eigenvalue weighted by Gasteiger charge is 2.03. The van der Waals surface area contributed by atoms with E-state index in [-0.39, 0.29) is 0 Å². The fraction of sp³-hybridized carbons (Fsp3) is 0.0833. The summed E-state index contributed by atoms with van der Waals surface area (Å²) in [6.07, 6.45) is 1.77. The second kappa shape index (κ2) is 6.10. The number of thiazole rings is 2. The van der Waals surface area contributed by atoms with Crippen LogP contribution in [0, 0.1) is 11.3 Å². The molecule has 18 heavy (non-hydrogen) atoms. The van der Waals surface area contributed by atoms with E-state index in [9.17, 15) is 0 Å². The topological polar surface area (TPSA) is 58.8 Å². The number of methoxy groups -OCH3 is 1. The van der Waals surface area contributed by atoms with Crippen molar-refractivity contribution in [2.75, 3.05) is 7.11 Å². The zero-order valence-corrected chi connectivity index (χ0v) is 11.2. The van der Waals surface area contributed by atoms with E-state index in [1.165, 1.54) is 11.3 Å². The number of ether oxygens (including phenoxy) is 1. The summed E-state index contributed by atoms with van der Waals surface area (Å²) in [6.45, 7) is 0. The molecule has 0 radical (unpaired) electrons. The van der Waals surface area contributed by atoms with Gasteiger partial charge in [0.25, 0.3) is 0 Å². The van der Waals surface area contributed by atoms with E-state index in [0.29, 0.717) is 5.01 Å². The van der Waals surface area contributed by atoms with E-state index >= 15 is 0 Å². The van der Waals surface area contributed by atoms with Crippen LogP contribution in [0.3, 0.4) is 0 Å². The average molecular weight is 275 g/mol. The molecule has 0 spiro atoms. The number of hydrogen-bond donors (Lipinski definition) is 0. The Morgan fingerprint density at radius 1 is 1.39 bits per heavy atom. The second-order valence-electron chi connectivity index (χ2n) is 3.14. The molecular formula is C12H9N3OS2. The first kappa shape index (κ1) is 12.5. The van der Waals surface area contributed by atoms with E-state index in [0.717, 1.165) is 16.0 Å². The molecule has 0 saturated heterocycles. The molecule has 90 valence electrons. The first-order valence-corrected chi connectivity index (χ1v) is 6.76. The molecule has 2 heterocycles. The molecule has 0 bridgehead atoms. The molecule has 2 aromatic heterocycles. The predicted molar refractivity (Wildman–Crippen MR) is 73.0 cm³/mol. The molecule has 3 rings (SSSR count). The third kappa shape index (κ3) is 3.03. The van der Waals surface area contributed by atoms with Gasteiger partial charge >= 0.3 is 0 Å². The number of hydrogen-bond acceptors (Lipinski definition) is 6. The van der Waals surface area contributed by atoms with Crippen LogP contribution >= 0.6 is 22.7 Å². The summed E-state index contributed by atoms with van der Waals surface area (Å²) >= 11 is 2.98. The quantitative estimate of drug-likeness (QED) is 0.683. The van der Waals surface area contributed by atoms with Crippen LogP contribution in [0.2, 0.25) is 0 Å². The monoisotopic (exact) mass is 275 g/mol. The maximum Gasteiger partial charge on any atom is 0.195 e. The lowest BCUT2D eigenvalue weighted by molar-refractivity contribution is 0.415. The van der Waals surface area contributed by atoms with Crippen molar-refractivity contribution in [1.29, 1.82) is 5.26 Å². The van der Waals surface area contributed by atoms with E-state index in [4.69, 9.17) is 10.00 Å². The van der Waals surface area contributed by atoms with Crippen molar-refractivity contribution in [3.63, 3.8) is 0 Å². The summed E-state index contributed by atoms with van der Waals surface area (Å²) in [5.41, 5.74) is 2.64. The predicted octanol–water partition coefficient (Wildman–Crippen LogP) is 3.32. The molecule has 0 saturated carbocycles. The maximum absolute atomic E-state index is 8.63. The fourth-order valence-corrected chi connectivity index (χ4v) is 2.40. The first-order chi connectivity index (χ1) is 8.83. The molecule has 0 fully saturated rings. The van der Waals surface area contributed by atoms with Gasteiger partial charge < -0.3 is 4.74 Å². The molecule has 4 nitrogen and oxygen atoms in total. The highest BCUT2D eigenvalue weighted by Crippen LogP contribution is 2.25. The smallest absolute Gasteiger partial charge is 0.195 e. The zero-order chi connectivity index (χ0) is 12.8. The van der Waals surface area contributed by atoms with Crippen LogP contribution < -0.4 is 4.74 Å². The molecule has 6 heteroatoms. The fourth-order valence-electron chi connectivity index (χ4n) is 1.26. The van der Waals surface area contributed by atoms with Gasteiger partial charge in [-0.05, 0) is 18.2 Å². The molecule has 1 aromatic carbocycles. The van der Waals surface area contributed by atoms with Crippen LogP contribution in [0.25, 0.3) is 10.2 Å². The van der Waals surface area contributed by atoms with Gasteiger partial charge in [-0.15, -0.1) is 22.7 Å². The summed E-state index contributed by atoms with van der Waals surface area (Å²) in [4.78, 5) is 7.85. The number of benzene rings is 1. The lowest BCUT2D eigenvalue weighted by atomic mass is 10.3. The van der Waals surface area contributed by atoms with Crippen LogP contribution in [0.1, 0.15) is 5.01 Å². The van der Waals surface area contributed by atoms with Gasteiger partial charge in [-0.3, -0.25) is 4.98 Å². The van der Waals surface area contributed by atoms with E-state index in [1.54, 1.807) is 30.2 Å². The maximum atomic E-state index is 8.63. The van der Waals surface area contributed by atoms with Crippen molar-refractivity contribution >= 4 is 32.9 Å². The number of nitrogens with zero attached hydrogens (tertiary/aromatic N) is 3. The van der Waals surface area contributed by atoms with E-state index < -0.39 is 0 Å². The van der Waals surface area contributed by atoms with Gasteiger partial charge in [-0.25, -0.2) is 4.98 Å². The Kier molecular flexibility index (Phi) is 4.23. The minimum Gasteiger partial charge on any atom is -0.497 e. The largest absolute Gasteiger partial charge is 0.497 e. The Morgan fingerprint density at radius 2 is 2.28 bits per heavy atom. The van der Waals surface area contributed by atoms with Gasteiger partial charge in [0.15, 0.2) is 5.01 Å². The van der Waals surface area contributed by atoms with Crippen LogP contribution in [0.15, 0.2) is 35.3 Å². The normalized spacial score (nSPS) is 9.33. The van der Waals surface area contributed by atoms with Gasteiger partial charge in [-0.1, -0.05) is 0 Å². The van der Waals surface area contributed by atoms with Crippen LogP contribution in [0.4, 0.5) is 0 Å². The summed E-state index contributed by atoms with van der Waals surface area (Å²) in [6, 6.07) is 7.59. The van der Waals surface area contributed by atoms with Crippen LogP contribution in [-0.4, -0.2) is 17.1 Å². The van der Waals surface area contributed by atoms with Gasteiger partial charge in [0.2, 0.25) is 0 Å². The zero-order valence-electron chi connectivity index (χ0n) is 9.53. The lowest BCUT2D eigenvalue weighted by Gasteiger charge is -1.96. The molecule has 0 amide bonds. The van der Waals surface area contributed by atoms with Gasteiger partial charge in [0.05, 0.1) is 22.8 Å². The van der Waals surface area contributed by atoms with Crippen LogP contribution in [-0.2, 0) is 0 Å². The third-order valence-electron chi connectivity index (χ3n) is 2.04. The number of rotatable bonds is 1. The molecular weight excluding hydrogens is 266 g/mol. The van der Waals surface area contributed by atoms with Crippen molar-refractivity contribution in [2.24, 2.45) is 0 Å². The number of nitriles is 1. The summed E-state index contributed by atoms with van der Waals surface area (Å²) < 4.78 is 6.04. The molecule has 0 aliphatic carbocycles. The Morgan fingerprint density at radius 3 is 2.83 bits per heavy atom. The Bertz CT molecular complexity index is 638. The molecule has 0 aliphatic heterocycles. The highest BCUT2D eigenvalue weighted by atomic mass is 32.1. The molecule has 3 aromatic rings. The van der Waals surface area contributed by atoms with Crippen molar-refractivity contribution in [2.45, 2.75) is 0 Å². The Labute approximate surface area is 112 Å². The van der Waals surface area contributed by atoms with Gasteiger partial charge in [0, 0.05) is 11.6 Å². The van der Waals surface area contributed by atoms with Crippen molar-refractivity contribution in [3.8, 4) is 11.8 Å². The minimum absolute atomic E-state index is 0.489. The standard InChI is InChI=1S/C9H6N2OS.C3H3NS/c1-12-6-2-3-7-8(4-6)13-9(5-10)11-7;1-2-5-3-4-1/h2-4H,1H3;1-3H. The van der Waals surface area contributed by atoms with Gasteiger partial charge in [0.1, 0.15) is 11.8 Å². The van der Waals surface area contributed by atoms with Crippen molar-refractivity contribution in [3.05, 3.63) is 40.3 Å². The molecule has 0 N–H and O–H groups in total. The van der Waals surface area contributed by atoms with Gasteiger partial charge in [-0.2, -0.15) is 5.26 Å². The Balaban J connectivity index is 0.000000202.